The number of nitrogen functional groups attached to an aromatic ring is 1. The number of nitrogens with one attached hydrogen (secondary N) is 1. The molecule has 5 nitrogen and oxygen atoms in total. The first-order chi connectivity index (χ1) is 8.79. The first-order valence-corrected chi connectivity index (χ1v) is 8.01. The average Bonchev–Trinajstić information content (AvgIpc) is 2.26. The molecule has 0 bridgehead atoms. The molecule has 0 spiro atoms. The standard InChI is InChI=1S/C13H23N3O2S/c1-10(2)5-3-4-6-16-12-7-11(14)8-13(9-12)19(15,17)18/h7-10,16H,3-6,14H2,1-2H3,(H2,15,17,18). The zero-order valence-corrected chi connectivity index (χ0v) is 12.3. The summed E-state index contributed by atoms with van der Waals surface area (Å²) in [5, 5.41) is 8.26. The molecule has 0 aliphatic rings. The van der Waals surface area contributed by atoms with Gasteiger partial charge in [-0.1, -0.05) is 26.7 Å². The third-order valence-corrected chi connectivity index (χ3v) is 3.69. The molecule has 0 radical (unpaired) electrons. The molecule has 0 saturated heterocycles. The van der Waals surface area contributed by atoms with Gasteiger partial charge in [0.15, 0.2) is 0 Å². The van der Waals surface area contributed by atoms with Crippen LogP contribution >= 0.6 is 0 Å². The number of anilines is 2. The van der Waals surface area contributed by atoms with Crippen molar-refractivity contribution in [3.05, 3.63) is 18.2 Å². The van der Waals surface area contributed by atoms with Crippen LogP contribution in [0.4, 0.5) is 11.4 Å². The van der Waals surface area contributed by atoms with Gasteiger partial charge in [-0.25, -0.2) is 13.6 Å². The lowest BCUT2D eigenvalue weighted by atomic mass is 10.1. The van der Waals surface area contributed by atoms with Crippen molar-refractivity contribution in [3.8, 4) is 0 Å². The van der Waals surface area contributed by atoms with Gasteiger partial charge in [-0.05, 0) is 30.5 Å². The molecule has 1 rings (SSSR count). The third-order valence-electron chi connectivity index (χ3n) is 2.79. The van der Waals surface area contributed by atoms with Gasteiger partial charge in [-0.15, -0.1) is 0 Å². The number of rotatable bonds is 7. The van der Waals surface area contributed by atoms with Crippen LogP contribution in [0.1, 0.15) is 33.1 Å². The molecular weight excluding hydrogens is 262 g/mol. The fourth-order valence-corrected chi connectivity index (χ4v) is 2.39. The minimum Gasteiger partial charge on any atom is -0.399 e. The topological polar surface area (TPSA) is 98.2 Å². The Bertz CT molecular complexity index is 513. The summed E-state index contributed by atoms with van der Waals surface area (Å²) in [6, 6.07) is 4.57. The van der Waals surface area contributed by atoms with Crippen molar-refractivity contribution in [3.63, 3.8) is 0 Å². The van der Waals surface area contributed by atoms with Gasteiger partial charge in [0, 0.05) is 17.9 Å². The summed E-state index contributed by atoms with van der Waals surface area (Å²) >= 11 is 0. The van der Waals surface area contributed by atoms with Gasteiger partial charge in [0.2, 0.25) is 10.0 Å². The molecule has 0 heterocycles. The Labute approximate surface area is 115 Å². The molecule has 19 heavy (non-hydrogen) atoms. The molecule has 5 N–H and O–H groups in total. The smallest absolute Gasteiger partial charge is 0.238 e. The van der Waals surface area contributed by atoms with E-state index < -0.39 is 10.0 Å². The minimum absolute atomic E-state index is 0.0391. The van der Waals surface area contributed by atoms with E-state index in [0.717, 1.165) is 19.4 Å². The summed E-state index contributed by atoms with van der Waals surface area (Å²) in [5.41, 5.74) is 6.74. The van der Waals surface area contributed by atoms with Crippen LogP contribution in [0.5, 0.6) is 0 Å². The minimum atomic E-state index is -3.71. The van der Waals surface area contributed by atoms with E-state index in [-0.39, 0.29) is 4.90 Å². The Balaban J connectivity index is 2.57. The SMILES string of the molecule is CC(C)CCCCNc1cc(N)cc(S(N)(=O)=O)c1. The van der Waals surface area contributed by atoms with Gasteiger partial charge in [0.25, 0.3) is 0 Å². The molecule has 0 aliphatic heterocycles. The van der Waals surface area contributed by atoms with Gasteiger partial charge >= 0.3 is 0 Å². The zero-order chi connectivity index (χ0) is 14.5. The van der Waals surface area contributed by atoms with Crippen LogP contribution in [0.3, 0.4) is 0 Å². The Kier molecular flexibility index (Phi) is 5.62. The highest BCUT2D eigenvalue weighted by Gasteiger charge is 2.09. The monoisotopic (exact) mass is 285 g/mol. The van der Waals surface area contributed by atoms with E-state index in [1.807, 2.05) is 0 Å². The molecule has 0 atom stereocenters. The van der Waals surface area contributed by atoms with E-state index in [4.69, 9.17) is 10.9 Å². The molecule has 0 aliphatic carbocycles. The number of nitrogens with two attached hydrogens (primary N) is 2. The van der Waals surface area contributed by atoms with Gasteiger partial charge in [-0.3, -0.25) is 0 Å². The van der Waals surface area contributed by atoms with Crippen LogP contribution in [-0.2, 0) is 10.0 Å². The predicted molar refractivity (Wildman–Crippen MR) is 79.4 cm³/mol. The molecule has 108 valence electrons. The van der Waals surface area contributed by atoms with Crippen molar-refractivity contribution in [2.24, 2.45) is 11.1 Å². The largest absolute Gasteiger partial charge is 0.399 e. The lowest BCUT2D eigenvalue weighted by Gasteiger charge is -2.10. The summed E-state index contributed by atoms with van der Waals surface area (Å²) in [7, 11) is -3.71. The summed E-state index contributed by atoms with van der Waals surface area (Å²) in [4.78, 5) is 0.0391. The Hall–Kier alpha value is -1.27. The van der Waals surface area contributed by atoms with Gasteiger partial charge in [0.1, 0.15) is 0 Å². The number of hydrogen-bond donors (Lipinski definition) is 3. The number of sulfonamides is 1. The Morgan fingerprint density at radius 2 is 1.89 bits per heavy atom. The number of hydrogen-bond acceptors (Lipinski definition) is 4. The highest BCUT2D eigenvalue weighted by molar-refractivity contribution is 7.89. The van der Waals surface area contributed by atoms with Gasteiger partial charge in [0.05, 0.1) is 4.90 Å². The second kappa shape index (κ2) is 6.77. The number of benzene rings is 1. The summed E-state index contributed by atoms with van der Waals surface area (Å²) in [6.07, 6.45) is 3.38. The highest BCUT2D eigenvalue weighted by Crippen LogP contribution is 2.19. The van der Waals surface area contributed by atoms with Crippen LogP contribution in [0, 0.1) is 5.92 Å². The Morgan fingerprint density at radius 1 is 1.21 bits per heavy atom. The van der Waals surface area contributed by atoms with Crippen LogP contribution in [0.2, 0.25) is 0 Å². The molecule has 6 heteroatoms. The maximum atomic E-state index is 11.3. The number of unbranched alkanes of at least 4 members (excludes halogenated alkanes) is 1. The van der Waals surface area contributed by atoms with E-state index in [1.165, 1.54) is 18.6 Å². The van der Waals surface area contributed by atoms with Crippen molar-refractivity contribution < 1.29 is 8.42 Å². The van der Waals surface area contributed by atoms with Crippen molar-refractivity contribution in [1.82, 2.24) is 0 Å². The zero-order valence-electron chi connectivity index (χ0n) is 11.5. The maximum Gasteiger partial charge on any atom is 0.238 e. The first-order valence-electron chi connectivity index (χ1n) is 6.46. The normalized spacial score (nSPS) is 11.8. The number of primary sulfonamides is 1. The lowest BCUT2D eigenvalue weighted by molar-refractivity contribution is 0.545. The van der Waals surface area contributed by atoms with Crippen LogP contribution < -0.4 is 16.2 Å². The fraction of sp³-hybridized carbons (Fsp3) is 0.538. The molecule has 0 saturated carbocycles. The molecule has 0 amide bonds. The van der Waals surface area contributed by atoms with Crippen molar-refractivity contribution >= 4 is 21.4 Å². The molecular formula is C13H23N3O2S. The van der Waals surface area contributed by atoms with E-state index in [9.17, 15) is 8.42 Å². The molecule has 0 aromatic heterocycles. The van der Waals surface area contributed by atoms with Crippen LogP contribution in [0.25, 0.3) is 0 Å². The second-order valence-corrected chi connectivity index (χ2v) is 6.71. The van der Waals surface area contributed by atoms with E-state index in [1.54, 1.807) is 6.07 Å². The molecule has 0 unspecified atom stereocenters. The summed E-state index contributed by atoms with van der Waals surface area (Å²) in [6.45, 7) is 5.19. The fourth-order valence-electron chi connectivity index (χ4n) is 1.80. The maximum absolute atomic E-state index is 11.3. The van der Waals surface area contributed by atoms with E-state index in [2.05, 4.69) is 19.2 Å². The predicted octanol–water partition coefficient (Wildman–Crippen LogP) is 2.15. The first kappa shape index (κ1) is 15.8. The van der Waals surface area contributed by atoms with E-state index in [0.29, 0.717) is 17.3 Å². The summed E-state index contributed by atoms with van der Waals surface area (Å²) < 4.78 is 22.6. The third kappa shape index (κ3) is 5.94. The van der Waals surface area contributed by atoms with Crippen molar-refractivity contribution in [1.29, 1.82) is 0 Å². The average molecular weight is 285 g/mol. The molecule has 0 fully saturated rings. The van der Waals surface area contributed by atoms with Gasteiger partial charge in [-0.2, -0.15) is 0 Å². The van der Waals surface area contributed by atoms with E-state index >= 15 is 0 Å². The quantitative estimate of drug-likeness (QED) is 0.528. The van der Waals surface area contributed by atoms with Crippen LogP contribution in [0.15, 0.2) is 23.1 Å². The second-order valence-electron chi connectivity index (χ2n) is 5.15. The van der Waals surface area contributed by atoms with Crippen molar-refractivity contribution in [2.45, 2.75) is 38.0 Å². The lowest BCUT2D eigenvalue weighted by Crippen LogP contribution is -2.13. The molecule has 1 aromatic rings. The van der Waals surface area contributed by atoms with Crippen molar-refractivity contribution in [2.75, 3.05) is 17.6 Å². The highest BCUT2D eigenvalue weighted by atomic mass is 32.2. The van der Waals surface area contributed by atoms with Crippen LogP contribution in [-0.4, -0.2) is 15.0 Å². The van der Waals surface area contributed by atoms with Gasteiger partial charge < -0.3 is 11.1 Å². The molecule has 1 aromatic carbocycles. The summed E-state index contributed by atoms with van der Waals surface area (Å²) in [5.74, 6) is 0.710. The Morgan fingerprint density at radius 3 is 2.47 bits per heavy atom.